The van der Waals surface area contributed by atoms with E-state index in [4.69, 9.17) is 34.8 Å². The molecule has 2 aliphatic heterocycles. The number of pyridine rings is 1. The van der Waals surface area contributed by atoms with Crippen LogP contribution < -0.4 is 21.6 Å². The first kappa shape index (κ1) is 32.5. The summed E-state index contributed by atoms with van der Waals surface area (Å²) in [5.74, 6) is 0. The van der Waals surface area contributed by atoms with Crippen molar-refractivity contribution >= 4 is 62.8 Å². The molecule has 8 nitrogen and oxygen atoms in total. The van der Waals surface area contributed by atoms with Gasteiger partial charge in [0.2, 0.25) is 0 Å². The Hall–Kier alpha value is -3.45. The number of piperidine rings is 1. The van der Waals surface area contributed by atoms with Crippen LogP contribution in [-0.4, -0.2) is 45.6 Å². The number of anilines is 3. The van der Waals surface area contributed by atoms with Gasteiger partial charge in [0.1, 0.15) is 6.07 Å². The third-order valence-corrected chi connectivity index (χ3v) is 10.1. The van der Waals surface area contributed by atoms with Crippen LogP contribution in [0.15, 0.2) is 77.8 Å². The number of nitrogens with one attached hydrogen (secondary N) is 4. The van der Waals surface area contributed by atoms with Crippen molar-refractivity contribution in [2.24, 2.45) is 5.41 Å². The van der Waals surface area contributed by atoms with Gasteiger partial charge in [-0.3, -0.25) is 14.9 Å². The molecule has 1 saturated heterocycles. The van der Waals surface area contributed by atoms with Crippen LogP contribution in [0, 0.1) is 16.7 Å². The number of fused-ring (bicyclic) bond motifs is 1. The van der Waals surface area contributed by atoms with Gasteiger partial charge in [-0.1, -0.05) is 66.0 Å². The lowest BCUT2D eigenvalue weighted by atomic mass is 9.75. The minimum atomic E-state index is -0.322. The molecule has 4 N–H and O–H groups in total. The smallest absolute Gasteiger partial charge is 0.103 e. The molecular formula is C35H39Cl3N8. The van der Waals surface area contributed by atoms with E-state index < -0.39 is 0 Å². The van der Waals surface area contributed by atoms with Crippen molar-refractivity contribution in [3.05, 3.63) is 93.4 Å². The molecule has 0 spiro atoms. The largest absolute Gasteiger partial charge is 0.376 e. The van der Waals surface area contributed by atoms with Crippen LogP contribution in [0.4, 0.5) is 17.1 Å². The van der Waals surface area contributed by atoms with E-state index in [0.717, 1.165) is 48.8 Å². The van der Waals surface area contributed by atoms with E-state index in [-0.39, 0.29) is 17.0 Å². The van der Waals surface area contributed by atoms with Crippen molar-refractivity contribution in [1.29, 1.82) is 5.26 Å². The highest BCUT2D eigenvalue weighted by Gasteiger charge is 2.39. The summed E-state index contributed by atoms with van der Waals surface area (Å²) in [6.07, 6.45) is 12.8. The Bertz CT molecular complexity index is 1760. The normalized spacial score (nSPS) is 21.4. The summed E-state index contributed by atoms with van der Waals surface area (Å²) >= 11 is 19.7. The molecule has 1 fully saturated rings. The summed E-state index contributed by atoms with van der Waals surface area (Å²) in [5.41, 5.74) is 10.8. The number of allylic oxidation sites excluding steroid dienone is 3. The predicted molar refractivity (Wildman–Crippen MR) is 190 cm³/mol. The second-order valence-corrected chi connectivity index (χ2v) is 14.7. The molecule has 0 radical (unpaired) electrons. The first-order valence-corrected chi connectivity index (χ1v) is 16.7. The average molecular weight is 678 g/mol. The molecule has 3 aromatic rings. The monoisotopic (exact) mass is 676 g/mol. The highest BCUT2D eigenvalue weighted by Crippen LogP contribution is 2.41. The van der Waals surface area contributed by atoms with Gasteiger partial charge in [-0.15, -0.1) is 5.53 Å². The Morgan fingerprint density at radius 2 is 1.87 bits per heavy atom. The number of rotatable bonds is 7. The number of hydrazine groups is 2. The first-order valence-electron chi connectivity index (χ1n) is 15.6. The number of hydrogen-bond donors (Lipinski definition) is 4. The topological polar surface area (TPSA) is 91.3 Å². The van der Waals surface area contributed by atoms with E-state index in [9.17, 15) is 5.26 Å². The predicted octanol–water partition coefficient (Wildman–Crippen LogP) is 8.46. The lowest BCUT2D eigenvalue weighted by Crippen LogP contribution is -2.53. The maximum absolute atomic E-state index is 10.00. The van der Waals surface area contributed by atoms with Gasteiger partial charge in [-0.2, -0.15) is 5.26 Å². The number of likely N-dealkylation sites (tertiary alicyclic amines) is 1. The Balaban J connectivity index is 1.35. The lowest BCUT2D eigenvalue weighted by molar-refractivity contribution is 0.0569. The van der Waals surface area contributed by atoms with Gasteiger partial charge in [0.15, 0.2) is 0 Å². The third kappa shape index (κ3) is 6.67. The van der Waals surface area contributed by atoms with Crippen molar-refractivity contribution in [3.63, 3.8) is 0 Å². The Kier molecular flexibility index (Phi) is 9.17. The van der Waals surface area contributed by atoms with Crippen LogP contribution in [0.2, 0.25) is 10.0 Å². The summed E-state index contributed by atoms with van der Waals surface area (Å²) in [7, 11) is 0. The van der Waals surface area contributed by atoms with E-state index in [0.29, 0.717) is 43.9 Å². The van der Waals surface area contributed by atoms with Gasteiger partial charge in [-0.25, -0.2) is 0 Å². The summed E-state index contributed by atoms with van der Waals surface area (Å²) in [6, 6.07) is 13.8. The Labute approximate surface area is 286 Å². The van der Waals surface area contributed by atoms with Crippen molar-refractivity contribution in [2.75, 3.05) is 23.7 Å². The van der Waals surface area contributed by atoms with Gasteiger partial charge in [-0.05, 0) is 70.4 Å². The third-order valence-electron chi connectivity index (χ3n) is 9.23. The fraction of sp³-hybridized carbons (Fsp3) is 0.371. The molecular weight excluding hydrogens is 639 g/mol. The van der Waals surface area contributed by atoms with E-state index >= 15 is 0 Å². The van der Waals surface area contributed by atoms with Gasteiger partial charge in [0, 0.05) is 58.6 Å². The fourth-order valence-corrected chi connectivity index (χ4v) is 7.05. The zero-order chi connectivity index (χ0) is 32.6. The fourth-order valence-electron chi connectivity index (χ4n) is 6.46. The van der Waals surface area contributed by atoms with Crippen molar-refractivity contribution in [2.45, 2.75) is 64.6 Å². The summed E-state index contributed by atoms with van der Waals surface area (Å²) in [6.45, 7) is 11.2. The maximum Gasteiger partial charge on any atom is 0.103 e. The minimum absolute atomic E-state index is 0.168. The molecule has 3 heterocycles. The maximum atomic E-state index is 10.00. The van der Waals surface area contributed by atoms with Gasteiger partial charge in [0.25, 0.3) is 0 Å². The molecule has 1 aromatic heterocycles. The van der Waals surface area contributed by atoms with Crippen LogP contribution in [0.1, 0.15) is 52.5 Å². The number of aromatic nitrogens is 1. The molecule has 240 valence electrons. The van der Waals surface area contributed by atoms with Gasteiger partial charge >= 0.3 is 0 Å². The summed E-state index contributed by atoms with van der Waals surface area (Å²) in [5, 5.41) is 21.8. The molecule has 11 heteroatoms. The van der Waals surface area contributed by atoms with Crippen molar-refractivity contribution in [3.8, 4) is 6.07 Å². The molecule has 1 unspecified atom stereocenters. The van der Waals surface area contributed by atoms with E-state index in [1.165, 1.54) is 6.20 Å². The highest BCUT2D eigenvalue weighted by atomic mass is 35.5. The quantitative estimate of drug-likeness (QED) is 0.198. The SMILES string of the molecule is CC1([C@H](Nc2cc(Cl)c3ncc(C#N)c(Nc4ccccc4Cl)c3c2)C2=CN(C3CCN(C(C)(C)C)CC3)NN2)C=CC(Cl)=CC1. The summed E-state index contributed by atoms with van der Waals surface area (Å²) < 4.78 is 0. The van der Waals surface area contributed by atoms with Crippen LogP contribution in [-0.2, 0) is 0 Å². The van der Waals surface area contributed by atoms with Crippen LogP contribution in [0.25, 0.3) is 10.9 Å². The molecule has 2 atom stereocenters. The number of halogens is 3. The molecule has 1 aliphatic carbocycles. The van der Waals surface area contributed by atoms with Crippen molar-refractivity contribution < 1.29 is 0 Å². The zero-order valence-electron chi connectivity index (χ0n) is 26.5. The van der Waals surface area contributed by atoms with Crippen LogP contribution in [0.5, 0.6) is 0 Å². The molecule has 2 aromatic carbocycles. The number of nitrogens with zero attached hydrogens (tertiary/aromatic N) is 4. The standard InChI is InChI=1S/C35H39Cl3N8/c1-34(2,3)45-15-11-25(12-16-45)46-21-30(43-44-46)33(35(4)13-9-23(36)10-14-35)41-24-17-26-31(42-29-8-6-5-7-27(29)37)22(19-39)20-40-32(26)28(38)18-24/h5-10,13,17-18,20-21,25,33,41,43-44H,11-12,14-16H2,1-4H3,(H,40,42)/t33-,35?/m1/s1. The molecule has 0 saturated carbocycles. The molecule has 0 amide bonds. The number of nitriles is 1. The van der Waals surface area contributed by atoms with E-state index in [1.807, 2.05) is 36.4 Å². The van der Waals surface area contributed by atoms with E-state index in [1.54, 1.807) is 6.07 Å². The van der Waals surface area contributed by atoms with Crippen LogP contribution in [0.3, 0.4) is 0 Å². The van der Waals surface area contributed by atoms with Crippen molar-refractivity contribution in [1.82, 2.24) is 25.9 Å². The zero-order valence-corrected chi connectivity index (χ0v) is 28.7. The lowest BCUT2D eigenvalue weighted by Gasteiger charge is -2.42. The molecule has 3 aliphatic rings. The molecule has 6 rings (SSSR count). The number of hydrogen-bond acceptors (Lipinski definition) is 8. The molecule has 46 heavy (non-hydrogen) atoms. The van der Waals surface area contributed by atoms with E-state index in [2.05, 4.69) is 88.6 Å². The Morgan fingerprint density at radius 3 is 2.54 bits per heavy atom. The number of benzene rings is 2. The van der Waals surface area contributed by atoms with Crippen LogP contribution >= 0.6 is 34.8 Å². The summed E-state index contributed by atoms with van der Waals surface area (Å²) in [4.78, 5) is 7.09. The molecule has 0 bridgehead atoms. The van der Waals surface area contributed by atoms with Gasteiger partial charge in [0.05, 0.1) is 44.2 Å². The number of para-hydroxylation sites is 1. The first-order chi connectivity index (χ1) is 21.9. The minimum Gasteiger partial charge on any atom is -0.376 e. The average Bonchev–Trinajstić information content (AvgIpc) is 3.52. The Morgan fingerprint density at radius 1 is 1.11 bits per heavy atom. The second-order valence-electron chi connectivity index (χ2n) is 13.4. The van der Waals surface area contributed by atoms with Gasteiger partial charge < -0.3 is 16.1 Å². The highest BCUT2D eigenvalue weighted by molar-refractivity contribution is 6.36. The second kappa shape index (κ2) is 13.0.